The molecule has 0 fully saturated rings. The first-order chi connectivity index (χ1) is 10.3. The van der Waals surface area contributed by atoms with Gasteiger partial charge in [-0.05, 0) is 18.6 Å². The van der Waals surface area contributed by atoms with E-state index in [0.717, 1.165) is 12.1 Å². The van der Waals surface area contributed by atoms with E-state index in [1.165, 1.54) is 20.1 Å². The average molecular weight is 307 g/mol. The number of rotatable bonds is 3. The number of allylic oxidation sites excluding steroid dienone is 1. The molecule has 0 spiro atoms. The summed E-state index contributed by atoms with van der Waals surface area (Å²) in [6, 6.07) is 2.15. The summed E-state index contributed by atoms with van der Waals surface area (Å²) in [6.07, 6.45) is 0. The number of carbonyl (C=O) groups is 2. The van der Waals surface area contributed by atoms with Crippen molar-refractivity contribution in [2.45, 2.75) is 13.0 Å². The summed E-state index contributed by atoms with van der Waals surface area (Å²) < 4.78 is 4.68. The Kier molecular flexibility index (Phi) is 3.97. The zero-order chi connectivity index (χ0) is 16.4. The van der Waals surface area contributed by atoms with Crippen molar-refractivity contribution < 1.29 is 24.4 Å². The van der Waals surface area contributed by atoms with Gasteiger partial charge < -0.3 is 20.5 Å². The average Bonchev–Trinajstić information content (AvgIpc) is 2.46. The molecular weight excluding hydrogens is 294 g/mol. The quantitative estimate of drug-likeness (QED) is 0.435. The van der Waals surface area contributed by atoms with Crippen LogP contribution in [-0.2, 0) is 9.53 Å². The molecule has 2 rings (SSSR count). The molecule has 0 aromatic heterocycles. The van der Waals surface area contributed by atoms with Gasteiger partial charge in [-0.15, -0.1) is 0 Å². The van der Waals surface area contributed by atoms with Crippen LogP contribution in [0.15, 0.2) is 29.5 Å². The van der Waals surface area contributed by atoms with Gasteiger partial charge in [-0.25, -0.2) is 9.59 Å². The van der Waals surface area contributed by atoms with Crippen molar-refractivity contribution in [3.05, 3.63) is 45.1 Å². The van der Waals surface area contributed by atoms with Crippen LogP contribution in [0.3, 0.4) is 0 Å². The molecule has 1 aliphatic rings. The maximum Gasteiger partial charge on any atom is 0.337 e. The zero-order valence-corrected chi connectivity index (χ0v) is 11.7. The Balaban J connectivity index is 2.55. The number of nitro benzene ring substituents is 1. The molecule has 1 atom stereocenters. The van der Waals surface area contributed by atoms with Crippen LogP contribution in [-0.4, -0.2) is 29.1 Å². The molecule has 9 heteroatoms. The monoisotopic (exact) mass is 307 g/mol. The van der Waals surface area contributed by atoms with Crippen LogP contribution in [0.1, 0.15) is 18.5 Å². The minimum atomic E-state index is -0.916. The number of aromatic hydroxyl groups is 1. The minimum Gasteiger partial charge on any atom is -0.502 e. The van der Waals surface area contributed by atoms with Gasteiger partial charge in [0.1, 0.15) is 0 Å². The third-order valence-corrected chi connectivity index (χ3v) is 3.20. The molecule has 1 unspecified atom stereocenters. The number of esters is 1. The van der Waals surface area contributed by atoms with Crippen molar-refractivity contribution >= 4 is 17.7 Å². The number of nitro groups is 1. The van der Waals surface area contributed by atoms with Gasteiger partial charge in [-0.2, -0.15) is 0 Å². The van der Waals surface area contributed by atoms with Gasteiger partial charge in [0.15, 0.2) is 5.75 Å². The molecule has 0 saturated carbocycles. The van der Waals surface area contributed by atoms with E-state index in [2.05, 4.69) is 15.4 Å². The molecule has 1 aromatic rings. The van der Waals surface area contributed by atoms with Crippen LogP contribution >= 0.6 is 0 Å². The highest BCUT2D eigenvalue weighted by molar-refractivity contribution is 5.95. The largest absolute Gasteiger partial charge is 0.502 e. The predicted octanol–water partition coefficient (Wildman–Crippen LogP) is 1.10. The van der Waals surface area contributed by atoms with E-state index in [4.69, 9.17) is 0 Å². The molecule has 116 valence electrons. The zero-order valence-electron chi connectivity index (χ0n) is 11.7. The summed E-state index contributed by atoms with van der Waals surface area (Å²) in [6.45, 7) is 1.52. The van der Waals surface area contributed by atoms with E-state index in [9.17, 15) is 24.8 Å². The first-order valence-corrected chi connectivity index (χ1v) is 6.19. The van der Waals surface area contributed by atoms with E-state index in [-0.39, 0.29) is 16.8 Å². The van der Waals surface area contributed by atoms with Crippen LogP contribution in [0.2, 0.25) is 0 Å². The van der Waals surface area contributed by atoms with Gasteiger partial charge in [-0.1, -0.05) is 6.07 Å². The molecule has 9 nitrogen and oxygen atoms in total. The van der Waals surface area contributed by atoms with Crippen LogP contribution < -0.4 is 10.6 Å². The Morgan fingerprint density at radius 3 is 2.73 bits per heavy atom. The standard InChI is InChI=1S/C13H13N3O6/c1-6-10(12(18)22-2)11(15-13(19)14-6)7-3-4-9(17)8(5-7)16(20)21/h3-5,11,17H,1-2H3,(H2,14,15,19). The van der Waals surface area contributed by atoms with Crippen LogP contribution in [0.25, 0.3) is 0 Å². The Morgan fingerprint density at radius 1 is 1.45 bits per heavy atom. The number of hydrogen-bond acceptors (Lipinski definition) is 6. The fraction of sp³-hybridized carbons (Fsp3) is 0.231. The number of hydrogen-bond donors (Lipinski definition) is 3. The molecule has 0 bridgehead atoms. The molecule has 3 N–H and O–H groups in total. The van der Waals surface area contributed by atoms with Crippen molar-refractivity contribution in [2.75, 3.05) is 7.11 Å². The summed E-state index contributed by atoms with van der Waals surface area (Å²) in [5.41, 5.74) is 0.171. The van der Waals surface area contributed by atoms with E-state index >= 15 is 0 Å². The molecule has 1 heterocycles. The normalized spacial score (nSPS) is 17.5. The van der Waals surface area contributed by atoms with Gasteiger partial charge >= 0.3 is 17.7 Å². The van der Waals surface area contributed by atoms with Crippen molar-refractivity contribution in [3.8, 4) is 5.75 Å². The minimum absolute atomic E-state index is 0.127. The highest BCUT2D eigenvalue weighted by Crippen LogP contribution is 2.33. The fourth-order valence-electron chi connectivity index (χ4n) is 2.19. The lowest BCUT2D eigenvalue weighted by molar-refractivity contribution is -0.385. The molecular formula is C13H13N3O6. The molecule has 2 amide bonds. The first-order valence-electron chi connectivity index (χ1n) is 6.19. The predicted molar refractivity (Wildman–Crippen MR) is 73.9 cm³/mol. The van der Waals surface area contributed by atoms with Crippen molar-refractivity contribution in [1.29, 1.82) is 0 Å². The van der Waals surface area contributed by atoms with E-state index in [1.807, 2.05) is 0 Å². The van der Waals surface area contributed by atoms with E-state index in [1.54, 1.807) is 0 Å². The number of carbonyl (C=O) groups excluding carboxylic acids is 2. The number of methoxy groups -OCH3 is 1. The number of urea groups is 1. The van der Waals surface area contributed by atoms with Gasteiger partial charge in [0.05, 0.1) is 23.6 Å². The Morgan fingerprint density at radius 2 is 2.14 bits per heavy atom. The van der Waals surface area contributed by atoms with Gasteiger partial charge in [-0.3, -0.25) is 10.1 Å². The summed E-state index contributed by atoms with van der Waals surface area (Å²) >= 11 is 0. The van der Waals surface area contributed by atoms with Gasteiger partial charge in [0.2, 0.25) is 0 Å². The molecule has 22 heavy (non-hydrogen) atoms. The number of nitrogens with one attached hydrogen (secondary N) is 2. The smallest absolute Gasteiger partial charge is 0.337 e. The second-order valence-electron chi connectivity index (χ2n) is 4.57. The van der Waals surface area contributed by atoms with E-state index < -0.39 is 34.4 Å². The van der Waals surface area contributed by atoms with Gasteiger partial charge in [0.25, 0.3) is 0 Å². The number of benzene rings is 1. The molecule has 0 aliphatic carbocycles. The Hall–Kier alpha value is -3.10. The van der Waals surface area contributed by atoms with Crippen molar-refractivity contribution in [2.24, 2.45) is 0 Å². The Bertz CT molecular complexity index is 697. The van der Waals surface area contributed by atoms with Crippen LogP contribution in [0.5, 0.6) is 5.75 Å². The van der Waals surface area contributed by atoms with Crippen molar-refractivity contribution in [3.63, 3.8) is 0 Å². The summed E-state index contributed by atoms with van der Waals surface area (Å²) in [4.78, 5) is 33.7. The number of amides is 2. The maximum absolute atomic E-state index is 11.9. The lowest BCUT2D eigenvalue weighted by Crippen LogP contribution is -2.45. The summed E-state index contributed by atoms with van der Waals surface area (Å²) in [7, 11) is 1.19. The first kappa shape index (κ1) is 15.3. The SMILES string of the molecule is COC(=O)C1=C(C)NC(=O)NC1c1ccc(O)c([N+](=O)[O-])c1. The molecule has 0 saturated heterocycles. The Labute approximate surface area is 124 Å². The highest BCUT2D eigenvalue weighted by atomic mass is 16.6. The summed E-state index contributed by atoms with van der Waals surface area (Å²) in [5, 5.41) is 25.3. The third kappa shape index (κ3) is 2.68. The van der Waals surface area contributed by atoms with E-state index in [0.29, 0.717) is 0 Å². The molecule has 0 radical (unpaired) electrons. The molecule has 1 aromatic carbocycles. The second-order valence-corrected chi connectivity index (χ2v) is 4.57. The highest BCUT2D eigenvalue weighted by Gasteiger charge is 2.33. The number of ether oxygens (including phenoxy) is 1. The summed E-state index contributed by atoms with van der Waals surface area (Å²) in [5.74, 6) is -1.18. The lowest BCUT2D eigenvalue weighted by Gasteiger charge is -2.27. The topological polar surface area (TPSA) is 131 Å². The molecule has 1 aliphatic heterocycles. The van der Waals surface area contributed by atoms with Gasteiger partial charge in [0, 0.05) is 11.8 Å². The van der Waals surface area contributed by atoms with Crippen LogP contribution in [0, 0.1) is 10.1 Å². The third-order valence-electron chi connectivity index (χ3n) is 3.20. The fourth-order valence-corrected chi connectivity index (χ4v) is 2.19. The second kappa shape index (κ2) is 5.72. The van der Waals surface area contributed by atoms with Crippen LogP contribution in [0.4, 0.5) is 10.5 Å². The lowest BCUT2D eigenvalue weighted by atomic mass is 9.95. The van der Waals surface area contributed by atoms with Crippen molar-refractivity contribution in [1.82, 2.24) is 10.6 Å². The maximum atomic E-state index is 11.9. The number of nitrogens with zero attached hydrogens (tertiary/aromatic N) is 1. The number of phenols is 1. The number of phenolic OH excluding ortho intramolecular Hbond substituents is 1.